The average Bonchev–Trinajstić information content (AvgIpc) is 2.67. The third-order valence-electron chi connectivity index (χ3n) is 4.93. The van der Waals surface area contributed by atoms with Gasteiger partial charge >= 0.3 is 5.97 Å². The molecule has 29 heavy (non-hydrogen) atoms. The lowest BCUT2D eigenvalue weighted by atomic mass is 10.1. The summed E-state index contributed by atoms with van der Waals surface area (Å²) in [6, 6.07) is 3.94. The number of nitrogens with zero attached hydrogens (tertiary/aromatic N) is 2. The van der Waals surface area contributed by atoms with E-state index in [9.17, 15) is 19.2 Å². The number of piperazine rings is 1. The Kier molecular flexibility index (Phi) is 7.75. The van der Waals surface area contributed by atoms with Gasteiger partial charge in [-0.1, -0.05) is 17.7 Å². The number of esters is 1. The van der Waals surface area contributed by atoms with Crippen LogP contribution in [0.1, 0.15) is 36.5 Å². The first-order valence-electron chi connectivity index (χ1n) is 9.74. The van der Waals surface area contributed by atoms with Gasteiger partial charge in [-0.05, 0) is 31.9 Å². The van der Waals surface area contributed by atoms with Crippen LogP contribution < -0.4 is 5.32 Å². The molecule has 1 aliphatic heterocycles. The van der Waals surface area contributed by atoms with Gasteiger partial charge in [0.05, 0.1) is 6.42 Å². The fraction of sp³-hybridized carbons (Fsp3) is 0.524. The summed E-state index contributed by atoms with van der Waals surface area (Å²) in [4.78, 5) is 50.8. The van der Waals surface area contributed by atoms with Gasteiger partial charge in [0.1, 0.15) is 0 Å². The molecule has 1 fully saturated rings. The number of benzene rings is 1. The van der Waals surface area contributed by atoms with Crippen molar-refractivity contribution < 1.29 is 23.9 Å². The van der Waals surface area contributed by atoms with Crippen LogP contribution in [0.15, 0.2) is 12.1 Å². The lowest BCUT2D eigenvalue weighted by molar-refractivity contribution is -0.149. The first-order valence-corrected chi connectivity index (χ1v) is 9.74. The van der Waals surface area contributed by atoms with Crippen LogP contribution in [0.2, 0.25) is 0 Å². The predicted molar refractivity (Wildman–Crippen MR) is 108 cm³/mol. The molecule has 0 saturated carbocycles. The monoisotopic (exact) mass is 403 g/mol. The fourth-order valence-corrected chi connectivity index (χ4v) is 3.41. The van der Waals surface area contributed by atoms with Gasteiger partial charge in [0, 0.05) is 45.2 Å². The van der Waals surface area contributed by atoms with Crippen LogP contribution >= 0.6 is 0 Å². The number of anilines is 1. The smallest absolute Gasteiger partial charge is 0.306 e. The molecule has 1 aromatic carbocycles. The van der Waals surface area contributed by atoms with Crippen molar-refractivity contribution >= 4 is 29.4 Å². The van der Waals surface area contributed by atoms with E-state index < -0.39 is 18.5 Å². The van der Waals surface area contributed by atoms with Crippen molar-refractivity contribution in [3.8, 4) is 0 Å². The van der Waals surface area contributed by atoms with Crippen LogP contribution in [0.3, 0.4) is 0 Å². The highest BCUT2D eigenvalue weighted by atomic mass is 16.5. The maximum absolute atomic E-state index is 12.2. The molecule has 0 aliphatic carbocycles. The Balaban J connectivity index is 1.71. The van der Waals surface area contributed by atoms with Crippen molar-refractivity contribution in [2.45, 2.75) is 40.5 Å². The minimum Gasteiger partial charge on any atom is -0.456 e. The summed E-state index contributed by atoms with van der Waals surface area (Å²) >= 11 is 0. The summed E-state index contributed by atoms with van der Waals surface area (Å²) < 4.78 is 4.99. The predicted octanol–water partition coefficient (Wildman–Crippen LogP) is 1.56. The molecular formula is C21H29N3O5. The molecule has 1 aliphatic rings. The van der Waals surface area contributed by atoms with Crippen molar-refractivity contribution in [1.82, 2.24) is 9.80 Å². The van der Waals surface area contributed by atoms with E-state index in [-0.39, 0.29) is 24.7 Å². The molecule has 0 aromatic heterocycles. The van der Waals surface area contributed by atoms with Crippen LogP contribution in [-0.2, 0) is 23.9 Å². The number of rotatable bonds is 6. The van der Waals surface area contributed by atoms with E-state index in [4.69, 9.17) is 4.74 Å². The topological polar surface area (TPSA) is 96.0 Å². The minimum absolute atomic E-state index is 0.00465. The molecule has 0 bridgehead atoms. The first kappa shape index (κ1) is 22.4. The standard InChI is InChI=1S/C21H29N3O5/c1-14-11-15(2)21(16(3)12-14)22-18(26)13-29-20(28)6-5-19(27)24-9-7-23(8-10-24)17(4)25/h11-12H,5-10,13H2,1-4H3,(H,22,26). The fourth-order valence-electron chi connectivity index (χ4n) is 3.41. The molecule has 1 heterocycles. The molecule has 0 atom stereocenters. The van der Waals surface area contributed by atoms with Crippen molar-refractivity contribution in [1.29, 1.82) is 0 Å². The van der Waals surface area contributed by atoms with Crippen LogP contribution in [0.25, 0.3) is 0 Å². The van der Waals surface area contributed by atoms with Gasteiger partial charge in [-0.15, -0.1) is 0 Å². The molecule has 2 rings (SSSR count). The summed E-state index contributed by atoms with van der Waals surface area (Å²) in [7, 11) is 0. The number of aryl methyl sites for hydroxylation is 3. The van der Waals surface area contributed by atoms with Crippen LogP contribution in [0.4, 0.5) is 5.69 Å². The number of hydrogen-bond acceptors (Lipinski definition) is 5. The molecule has 1 saturated heterocycles. The van der Waals surface area contributed by atoms with E-state index in [0.717, 1.165) is 22.4 Å². The Labute approximate surface area is 171 Å². The second kappa shape index (κ2) is 10.0. The van der Waals surface area contributed by atoms with Gasteiger partial charge in [-0.25, -0.2) is 0 Å². The Morgan fingerprint density at radius 2 is 1.48 bits per heavy atom. The second-order valence-corrected chi connectivity index (χ2v) is 7.37. The zero-order chi connectivity index (χ0) is 21.6. The van der Waals surface area contributed by atoms with E-state index in [1.54, 1.807) is 9.80 Å². The molecule has 3 amide bonds. The third-order valence-corrected chi connectivity index (χ3v) is 4.93. The SMILES string of the molecule is CC(=O)N1CCN(C(=O)CCC(=O)OCC(=O)Nc2c(C)cc(C)cc2C)CC1. The van der Waals surface area contributed by atoms with Crippen molar-refractivity contribution in [3.05, 3.63) is 28.8 Å². The summed E-state index contributed by atoms with van der Waals surface area (Å²) in [5.41, 5.74) is 3.71. The molecule has 8 nitrogen and oxygen atoms in total. The largest absolute Gasteiger partial charge is 0.456 e. The van der Waals surface area contributed by atoms with E-state index in [0.29, 0.717) is 26.2 Å². The Bertz CT molecular complexity index is 775. The summed E-state index contributed by atoms with van der Waals surface area (Å²) in [5.74, 6) is -1.16. The lowest BCUT2D eigenvalue weighted by Gasteiger charge is -2.34. The van der Waals surface area contributed by atoms with Gasteiger partial charge in [0.25, 0.3) is 5.91 Å². The van der Waals surface area contributed by atoms with Crippen molar-refractivity contribution in [2.24, 2.45) is 0 Å². The van der Waals surface area contributed by atoms with Gasteiger partial charge in [0.2, 0.25) is 11.8 Å². The van der Waals surface area contributed by atoms with Crippen molar-refractivity contribution in [3.63, 3.8) is 0 Å². The molecule has 8 heteroatoms. The maximum Gasteiger partial charge on any atom is 0.306 e. The quantitative estimate of drug-likeness (QED) is 0.728. The molecule has 1 N–H and O–H groups in total. The van der Waals surface area contributed by atoms with Gasteiger partial charge in [-0.2, -0.15) is 0 Å². The number of ether oxygens (including phenoxy) is 1. The van der Waals surface area contributed by atoms with Crippen LogP contribution in [-0.4, -0.2) is 66.3 Å². The number of carbonyl (C=O) groups excluding carboxylic acids is 4. The number of hydrogen-bond donors (Lipinski definition) is 1. The Hall–Kier alpha value is -2.90. The van der Waals surface area contributed by atoms with E-state index in [1.165, 1.54) is 6.92 Å². The highest BCUT2D eigenvalue weighted by Gasteiger charge is 2.23. The number of nitrogens with one attached hydrogen (secondary N) is 1. The summed E-state index contributed by atoms with van der Waals surface area (Å²) in [6.07, 6.45) is -0.0572. The van der Waals surface area contributed by atoms with E-state index in [1.807, 2.05) is 32.9 Å². The Morgan fingerprint density at radius 3 is 2.03 bits per heavy atom. The molecule has 1 aromatic rings. The third kappa shape index (κ3) is 6.58. The molecule has 158 valence electrons. The first-order chi connectivity index (χ1) is 13.7. The van der Waals surface area contributed by atoms with Crippen LogP contribution in [0, 0.1) is 20.8 Å². The maximum atomic E-state index is 12.2. The van der Waals surface area contributed by atoms with Gasteiger partial charge < -0.3 is 19.9 Å². The van der Waals surface area contributed by atoms with Gasteiger partial charge in [-0.3, -0.25) is 19.2 Å². The number of amides is 3. The highest BCUT2D eigenvalue weighted by molar-refractivity contribution is 5.94. The molecule has 0 spiro atoms. The van der Waals surface area contributed by atoms with E-state index >= 15 is 0 Å². The van der Waals surface area contributed by atoms with Gasteiger partial charge in [0.15, 0.2) is 6.61 Å². The molecule has 0 unspecified atom stereocenters. The summed E-state index contributed by atoms with van der Waals surface area (Å²) in [6.45, 7) is 8.84. The normalized spacial score (nSPS) is 13.8. The molecule has 0 radical (unpaired) electrons. The summed E-state index contributed by atoms with van der Waals surface area (Å²) in [5, 5.41) is 2.77. The molecular weight excluding hydrogens is 374 g/mol. The zero-order valence-corrected chi connectivity index (χ0v) is 17.5. The highest BCUT2D eigenvalue weighted by Crippen LogP contribution is 2.21. The number of carbonyl (C=O) groups is 4. The Morgan fingerprint density at radius 1 is 0.931 bits per heavy atom. The van der Waals surface area contributed by atoms with Crippen LogP contribution in [0.5, 0.6) is 0 Å². The minimum atomic E-state index is -0.590. The van der Waals surface area contributed by atoms with Crippen molar-refractivity contribution in [2.75, 3.05) is 38.1 Å². The average molecular weight is 403 g/mol. The lowest BCUT2D eigenvalue weighted by Crippen LogP contribution is -2.50. The zero-order valence-electron chi connectivity index (χ0n) is 17.5. The second-order valence-electron chi connectivity index (χ2n) is 7.37. The van der Waals surface area contributed by atoms with E-state index in [2.05, 4.69) is 5.32 Å².